The van der Waals surface area contributed by atoms with Gasteiger partial charge in [0.25, 0.3) is 0 Å². The van der Waals surface area contributed by atoms with Crippen molar-refractivity contribution in [1.82, 2.24) is 4.90 Å². The Labute approximate surface area is 97.1 Å². The minimum absolute atomic E-state index is 0.0957. The lowest BCUT2D eigenvalue weighted by atomic mass is 10.2. The molecule has 0 bridgehead atoms. The van der Waals surface area contributed by atoms with Gasteiger partial charge in [0.15, 0.2) is 0 Å². The second kappa shape index (κ2) is 4.55. The summed E-state index contributed by atoms with van der Waals surface area (Å²) in [7, 11) is 0. The Morgan fingerprint density at radius 3 is 3.13 bits per heavy atom. The predicted octanol–water partition coefficient (Wildman–Crippen LogP) is 1.70. The van der Waals surface area contributed by atoms with Crippen LogP contribution in [0, 0.1) is 0 Å². The molecular weight excluding hydrogens is 230 g/mol. The van der Waals surface area contributed by atoms with Crippen molar-refractivity contribution in [3.8, 4) is 0 Å². The lowest BCUT2D eigenvalue weighted by Gasteiger charge is -2.24. The Morgan fingerprint density at radius 1 is 1.73 bits per heavy atom. The first-order valence-corrected chi connectivity index (χ1v) is 6.79. The molecule has 1 fully saturated rings. The Hall–Kier alpha value is -0.520. The normalized spacial score (nSPS) is 23.5. The fourth-order valence-electron chi connectivity index (χ4n) is 1.63. The standard InChI is InChI=1S/C10H13NO2S2/c1-7(12)4-11-9(13)6-15-10(11)8-2-3-14-5-8/h2-3,5,7,10,12H,4,6H2,1H3. The van der Waals surface area contributed by atoms with Crippen molar-refractivity contribution in [3.05, 3.63) is 22.4 Å². The Bertz CT molecular complexity index is 337. The number of hydrogen-bond donors (Lipinski definition) is 1. The zero-order chi connectivity index (χ0) is 10.8. The van der Waals surface area contributed by atoms with Gasteiger partial charge >= 0.3 is 0 Å². The van der Waals surface area contributed by atoms with Crippen LogP contribution < -0.4 is 0 Å². The summed E-state index contributed by atoms with van der Waals surface area (Å²) in [6, 6.07) is 2.04. The van der Waals surface area contributed by atoms with Crippen LogP contribution in [0.3, 0.4) is 0 Å². The lowest BCUT2D eigenvalue weighted by molar-refractivity contribution is -0.129. The zero-order valence-corrected chi connectivity index (χ0v) is 10.1. The minimum atomic E-state index is -0.464. The van der Waals surface area contributed by atoms with Crippen molar-refractivity contribution in [3.63, 3.8) is 0 Å². The van der Waals surface area contributed by atoms with E-state index >= 15 is 0 Å². The first-order chi connectivity index (χ1) is 7.18. The molecular formula is C10H13NO2S2. The molecule has 0 saturated carbocycles. The number of amides is 1. The minimum Gasteiger partial charge on any atom is -0.392 e. The van der Waals surface area contributed by atoms with Crippen molar-refractivity contribution >= 4 is 29.0 Å². The number of thioether (sulfide) groups is 1. The summed E-state index contributed by atoms with van der Waals surface area (Å²) in [6.07, 6.45) is -0.464. The third kappa shape index (κ3) is 2.35. The van der Waals surface area contributed by atoms with E-state index in [1.165, 1.54) is 0 Å². The van der Waals surface area contributed by atoms with Gasteiger partial charge in [-0.05, 0) is 29.3 Å². The first-order valence-electron chi connectivity index (χ1n) is 4.79. The molecule has 0 radical (unpaired) electrons. The third-order valence-corrected chi connectivity index (χ3v) is 4.21. The van der Waals surface area contributed by atoms with E-state index in [2.05, 4.69) is 5.38 Å². The highest BCUT2D eigenvalue weighted by molar-refractivity contribution is 8.00. The maximum atomic E-state index is 11.6. The fraction of sp³-hybridized carbons (Fsp3) is 0.500. The van der Waals surface area contributed by atoms with Gasteiger partial charge < -0.3 is 10.0 Å². The second-order valence-electron chi connectivity index (χ2n) is 3.62. The molecule has 0 aromatic carbocycles. The van der Waals surface area contributed by atoms with Crippen LogP contribution in [-0.4, -0.2) is 34.3 Å². The Morgan fingerprint density at radius 2 is 2.53 bits per heavy atom. The molecule has 1 saturated heterocycles. The van der Waals surface area contributed by atoms with Crippen LogP contribution in [0.4, 0.5) is 0 Å². The highest BCUT2D eigenvalue weighted by Gasteiger charge is 2.33. The van der Waals surface area contributed by atoms with E-state index in [0.29, 0.717) is 12.3 Å². The van der Waals surface area contributed by atoms with Crippen molar-refractivity contribution in [1.29, 1.82) is 0 Å². The van der Waals surface area contributed by atoms with Gasteiger partial charge in [0.2, 0.25) is 5.91 Å². The molecule has 1 aliphatic rings. The number of aliphatic hydroxyl groups excluding tert-OH is 1. The van der Waals surface area contributed by atoms with Crippen LogP contribution in [0.1, 0.15) is 17.9 Å². The average Bonchev–Trinajstić information content (AvgIpc) is 2.76. The Kier molecular flexibility index (Phi) is 3.33. The van der Waals surface area contributed by atoms with Crippen LogP contribution in [-0.2, 0) is 4.79 Å². The molecule has 3 nitrogen and oxygen atoms in total. The van der Waals surface area contributed by atoms with Gasteiger partial charge in [0.05, 0.1) is 11.9 Å². The van der Waals surface area contributed by atoms with Gasteiger partial charge in [-0.2, -0.15) is 11.3 Å². The largest absolute Gasteiger partial charge is 0.392 e. The summed E-state index contributed by atoms with van der Waals surface area (Å²) in [5, 5.41) is 13.5. The summed E-state index contributed by atoms with van der Waals surface area (Å²) in [4.78, 5) is 13.4. The predicted molar refractivity (Wildman–Crippen MR) is 62.9 cm³/mol. The van der Waals surface area contributed by atoms with Gasteiger partial charge in [-0.3, -0.25) is 4.79 Å². The Balaban J connectivity index is 2.14. The smallest absolute Gasteiger partial charge is 0.233 e. The lowest BCUT2D eigenvalue weighted by Crippen LogP contribution is -2.34. The SMILES string of the molecule is CC(O)CN1C(=O)CSC1c1ccsc1. The summed E-state index contributed by atoms with van der Waals surface area (Å²) < 4.78 is 0. The van der Waals surface area contributed by atoms with Gasteiger partial charge in [0, 0.05) is 6.54 Å². The van der Waals surface area contributed by atoms with Crippen molar-refractivity contribution in [2.45, 2.75) is 18.4 Å². The van der Waals surface area contributed by atoms with Gasteiger partial charge in [-0.1, -0.05) is 0 Å². The van der Waals surface area contributed by atoms with Crippen molar-refractivity contribution in [2.75, 3.05) is 12.3 Å². The average molecular weight is 243 g/mol. The molecule has 2 atom stereocenters. The number of aliphatic hydroxyl groups is 1. The molecule has 1 amide bonds. The number of rotatable bonds is 3. The van der Waals surface area contributed by atoms with Crippen molar-refractivity contribution in [2.24, 2.45) is 0 Å². The van der Waals surface area contributed by atoms with E-state index < -0.39 is 6.10 Å². The molecule has 1 aliphatic heterocycles. The third-order valence-electron chi connectivity index (χ3n) is 2.26. The number of β-amino-alcohol motifs (C(OH)–C–C–N with tert-alkyl or cyclic N) is 1. The topological polar surface area (TPSA) is 40.5 Å². The molecule has 0 aliphatic carbocycles. The molecule has 2 rings (SSSR count). The molecule has 1 N–H and O–H groups in total. The first kappa shape index (κ1) is 11.0. The molecule has 2 heterocycles. The zero-order valence-electron chi connectivity index (χ0n) is 8.42. The van der Waals surface area contributed by atoms with E-state index in [1.54, 1.807) is 34.9 Å². The number of carbonyl (C=O) groups excluding carboxylic acids is 1. The van der Waals surface area contributed by atoms with Crippen LogP contribution in [0.25, 0.3) is 0 Å². The van der Waals surface area contributed by atoms with E-state index in [-0.39, 0.29) is 11.3 Å². The molecule has 15 heavy (non-hydrogen) atoms. The molecule has 1 aromatic heterocycles. The number of nitrogens with zero attached hydrogens (tertiary/aromatic N) is 1. The van der Waals surface area contributed by atoms with Crippen molar-refractivity contribution < 1.29 is 9.90 Å². The summed E-state index contributed by atoms with van der Waals surface area (Å²) in [5.74, 6) is 0.643. The summed E-state index contributed by atoms with van der Waals surface area (Å²) in [6.45, 7) is 2.13. The fourth-order valence-corrected chi connectivity index (χ4v) is 3.58. The molecule has 1 aromatic rings. The van der Waals surface area contributed by atoms with E-state index in [1.807, 2.05) is 11.4 Å². The van der Waals surface area contributed by atoms with Gasteiger partial charge in [-0.15, -0.1) is 11.8 Å². The highest BCUT2D eigenvalue weighted by atomic mass is 32.2. The van der Waals surface area contributed by atoms with E-state index in [0.717, 1.165) is 5.56 Å². The van der Waals surface area contributed by atoms with Crippen LogP contribution in [0.5, 0.6) is 0 Å². The van der Waals surface area contributed by atoms with E-state index in [9.17, 15) is 9.90 Å². The highest BCUT2D eigenvalue weighted by Crippen LogP contribution is 2.39. The van der Waals surface area contributed by atoms with Crippen LogP contribution in [0.15, 0.2) is 16.8 Å². The maximum Gasteiger partial charge on any atom is 0.233 e. The number of carbonyl (C=O) groups is 1. The molecule has 5 heteroatoms. The molecule has 2 unspecified atom stereocenters. The monoisotopic (exact) mass is 243 g/mol. The van der Waals surface area contributed by atoms with Gasteiger partial charge in [-0.25, -0.2) is 0 Å². The van der Waals surface area contributed by atoms with Crippen LogP contribution in [0.2, 0.25) is 0 Å². The molecule has 0 spiro atoms. The maximum absolute atomic E-state index is 11.6. The van der Waals surface area contributed by atoms with Gasteiger partial charge in [0.1, 0.15) is 5.37 Å². The number of thiophene rings is 1. The molecule has 82 valence electrons. The summed E-state index contributed by atoms with van der Waals surface area (Å²) in [5.41, 5.74) is 1.16. The van der Waals surface area contributed by atoms with Crippen LogP contribution >= 0.6 is 23.1 Å². The summed E-state index contributed by atoms with van der Waals surface area (Å²) >= 11 is 3.27. The quantitative estimate of drug-likeness (QED) is 0.878. The number of hydrogen-bond acceptors (Lipinski definition) is 4. The van der Waals surface area contributed by atoms with E-state index in [4.69, 9.17) is 0 Å². The second-order valence-corrected chi connectivity index (χ2v) is 5.46.